The molecule has 2 heterocycles. The topological polar surface area (TPSA) is 234 Å². The first-order chi connectivity index (χ1) is 15.9. The van der Waals surface area contributed by atoms with Crippen LogP contribution in [0.4, 0.5) is 0 Å². The van der Waals surface area contributed by atoms with Crippen LogP contribution < -0.4 is 10.6 Å². The third-order valence-corrected chi connectivity index (χ3v) is 5.47. The van der Waals surface area contributed by atoms with Crippen LogP contribution >= 0.6 is 0 Å². The minimum absolute atomic E-state index is 0.616. The van der Waals surface area contributed by atoms with Gasteiger partial charge < -0.3 is 60.2 Å². The van der Waals surface area contributed by atoms with E-state index in [0.29, 0.717) is 0 Å². The summed E-state index contributed by atoms with van der Waals surface area (Å²) in [4.78, 5) is 34.8. The van der Waals surface area contributed by atoms with Crippen LogP contribution in [0, 0.1) is 0 Å². The lowest BCUT2D eigenvalue weighted by Gasteiger charge is -2.48. The molecule has 0 unspecified atom stereocenters. The van der Waals surface area contributed by atoms with E-state index in [4.69, 9.17) is 18.9 Å². The zero-order valence-electron chi connectivity index (χ0n) is 18.8. The number of aliphatic hydroxyl groups excluding tert-OH is 5. The largest absolute Gasteiger partial charge is 0.479 e. The van der Waals surface area contributed by atoms with Crippen molar-refractivity contribution in [2.24, 2.45) is 0 Å². The van der Waals surface area contributed by atoms with E-state index in [9.17, 15) is 45.0 Å². The molecule has 0 aromatic rings. The summed E-state index contributed by atoms with van der Waals surface area (Å²) in [5, 5.41) is 64.4. The van der Waals surface area contributed by atoms with Crippen molar-refractivity contribution in [1.29, 1.82) is 0 Å². The molecule has 15 heteroatoms. The second-order valence-corrected chi connectivity index (χ2v) is 8.09. The summed E-state index contributed by atoms with van der Waals surface area (Å²) >= 11 is 0. The molecule has 196 valence electrons. The number of carbonyl (C=O) groups excluding carboxylic acids is 2. The first kappa shape index (κ1) is 28.3. The first-order valence-electron chi connectivity index (χ1n) is 10.6. The highest BCUT2D eigenvalue weighted by molar-refractivity contribution is 5.74. The van der Waals surface area contributed by atoms with Gasteiger partial charge in [-0.1, -0.05) is 0 Å². The number of aliphatic hydroxyl groups is 5. The van der Waals surface area contributed by atoms with Crippen LogP contribution in [0.15, 0.2) is 0 Å². The number of amides is 2. The van der Waals surface area contributed by atoms with Crippen LogP contribution in [0.3, 0.4) is 0 Å². The number of ether oxygens (including phenoxy) is 4. The van der Waals surface area contributed by atoms with Crippen LogP contribution in [0.5, 0.6) is 0 Å². The molecule has 2 saturated heterocycles. The van der Waals surface area contributed by atoms with Crippen LogP contribution in [0.1, 0.15) is 20.8 Å². The van der Waals surface area contributed by atoms with Gasteiger partial charge in [0.1, 0.15) is 48.7 Å². The number of carboxylic acid groups (broad SMARTS) is 1. The number of hydrogen-bond donors (Lipinski definition) is 8. The maximum atomic E-state index is 11.7. The summed E-state index contributed by atoms with van der Waals surface area (Å²) in [6.45, 7) is 2.00. The summed E-state index contributed by atoms with van der Waals surface area (Å²) in [7, 11) is 0. The minimum Gasteiger partial charge on any atom is -0.479 e. The van der Waals surface area contributed by atoms with Gasteiger partial charge in [0, 0.05) is 13.8 Å². The summed E-state index contributed by atoms with van der Waals surface area (Å²) in [5.41, 5.74) is 0. The van der Waals surface area contributed by atoms with Crippen molar-refractivity contribution in [1.82, 2.24) is 10.6 Å². The van der Waals surface area contributed by atoms with Gasteiger partial charge in [-0.05, 0) is 6.92 Å². The van der Waals surface area contributed by atoms with E-state index < -0.39 is 98.4 Å². The quantitative estimate of drug-likeness (QED) is 0.150. The Bertz CT molecular complexity index is 724. The van der Waals surface area contributed by atoms with Gasteiger partial charge in [-0.15, -0.1) is 0 Å². The Balaban J connectivity index is 2.44. The van der Waals surface area contributed by atoms with Crippen LogP contribution in [0.25, 0.3) is 0 Å². The van der Waals surface area contributed by atoms with Gasteiger partial charge in [-0.25, -0.2) is 4.79 Å². The predicted octanol–water partition coefficient (Wildman–Crippen LogP) is -4.61. The van der Waals surface area contributed by atoms with Gasteiger partial charge in [0.15, 0.2) is 18.7 Å². The van der Waals surface area contributed by atoms with Crippen molar-refractivity contribution in [3.05, 3.63) is 0 Å². The monoisotopic (exact) mass is 496 g/mol. The zero-order valence-corrected chi connectivity index (χ0v) is 18.8. The first-order valence-corrected chi connectivity index (χ1v) is 10.6. The van der Waals surface area contributed by atoms with E-state index in [1.54, 1.807) is 0 Å². The lowest BCUT2D eigenvalue weighted by molar-refractivity contribution is -0.333. The van der Waals surface area contributed by atoms with Gasteiger partial charge in [0.25, 0.3) is 0 Å². The SMILES string of the molecule is CC(=O)N[C@@H]1[C@@H](O[C@H](C)C(=O)O)[C@H](O[C@@H]2O[C@H](CO)[C@@H](O)[C@H](O)[C@H]2NC(C)=O)[C@@H](CO)O[C@@H]1O. The summed E-state index contributed by atoms with van der Waals surface area (Å²) in [5.74, 6) is -2.60. The zero-order chi connectivity index (χ0) is 25.7. The van der Waals surface area contributed by atoms with E-state index in [0.717, 1.165) is 13.8 Å². The molecule has 0 radical (unpaired) electrons. The minimum atomic E-state index is -1.72. The molecule has 34 heavy (non-hydrogen) atoms. The summed E-state index contributed by atoms with van der Waals surface area (Å²) in [6.07, 6.45) is -13.5. The van der Waals surface area contributed by atoms with Crippen molar-refractivity contribution in [2.45, 2.75) is 88.2 Å². The molecular weight excluding hydrogens is 464 g/mol. The van der Waals surface area contributed by atoms with Gasteiger partial charge in [-0.3, -0.25) is 9.59 Å². The Morgan fingerprint density at radius 1 is 0.882 bits per heavy atom. The Hall–Kier alpha value is -1.95. The summed E-state index contributed by atoms with van der Waals surface area (Å²) in [6, 6.07) is -2.71. The van der Waals surface area contributed by atoms with Crippen molar-refractivity contribution < 1.29 is 64.0 Å². The van der Waals surface area contributed by atoms with Gasteiger partial charge in [-0.2, -0.15) is 0 Å². The maximum Gasteiger partial charge on any atom is 0.332 e. The Morgan fingerprint density at radius 2 is 1.44 bits per heavy atom. The molecule has 2 aliphatic heterocycles. The molecule has 0 aliphatic carbocycles. The highest BCUT2D eigenvalue weighted by Gasteiger charge is 2.52. The van der Waals surface area contributed by atoms with Gasteiger partial charge in [0.2, 0.25) is 11.8 Å². The fourth-order valence-corrected chi connectivity index (χ4v) is 3.82. The molecule has 2 amide bonds. The van der Waals surface area contributed by atoms with E-state index in [1.165, 1.54) is 6.92 Å². The molecule has 11 atom stereocenters. The van der Waals surface area contributed by atoms with E-state index >= 15 is 0 Å². The van der Waals surface area contributed by atoms with Gasteiger partial charge in [0.05, 0.1) is 13.2 Å². The molecule has 0 aromatic carbocycles. The van der Waals surface area contributed by atoms with Crippen molar-refractivity contribution in [2.75, 3.05) is 13.2 Å². The van der Waals surface area contributed by atoms with Crippen molar-refractivity contribution >= 4 is 17.8 Å². The van der Waals surface area contributed by atoms with Crippen LogP contribution in [0.2, 0.25) is 0 Å². The number of carboxylic acids is 1. The third kappa shape index (κ3) is 6.59. The lowest BCUT2D eigenvalue weighted by Crippen LogP contribution is -2.69. The van der Waals surface area contributed by atoms with Crippen LogP contribution in [-0.2, 0) is 33.3 Å². The predicted molar refractivity (Wildman–Crippen MR) is 108 cm³/mol. The van der Waals surface area contributed by atoms with Crippen molar-refractivity contribution in [3.63, 3.8) is 0 Å². The molecule has 0 spiro atoms. The van der Waals surface area contributed by atoms with Gasteiger partial charge >= 0.3 is 5.97 Å². The molecule has 0 aromatic heterocycles. The average molecular weight is 496 g/mol. The molecule has 8 N–H and O–H groups in total. The molecule has 0 saturated carbocycles. The van der Waals surface area contributed by atoms with Crippen molar-refractivity contribution in [3.8, 4) is 0 Å². The number of carbonyl (C=O) groups is 3. The second-order valence-electron chi connectivity index (χ2n) is 8.09. The van der Waals surface area contributed by atoms with E-state index in [-0.39, 0.29) is 0 Å². The second kappa shape index (κ2) is 12.1. The Labute approximate surface area is 194 Å². The van der Waals surface area contributed by atoms with E-state index in [1.807, 2.05) is 0 Å². The number of aliphatic carboxylic acids is 1. The molecule has 2 fully saturated rings. The maximum absolute atomic E-state index is 11.7. The lowest BCUT2D eigenvalue weighted by atomic mass is 9.94. The third-order valence-electron chi connectivity index (χ3n) is 5.47. The molecular formula is C19H32N2O13. The standard InChI is InChI=1S/C19H32N2O13/c1-6(17(28)29)31-16-12(21-8(3)25)18(30)32-10(5-23)15(16)34-19-11(20-7(2)24)14(27)13(26)9(4-22)33-19/h6,9-16,18-19,22-23,26-27,30H,4-5H2,1-3H3,(H,20,24)(H,21,25)(H,28,29)/t6-,9-,10-,11-,12-,13-,14-,15-,16-,18+,19+/m1/s1. The Morgan fingerprint density at radius 3 is 1.94 bits per heavy atom. The fourth-order valence-electron chi connectivity index (χ4n) is 3.82. The Kier molecular flexibility index (Phi) is 10.1. The highest BCUT2D eigenvalue weighted by Crippen LogP contribution is 2.30. The van der Waals surface area contributed by atoms with Crippen LogP contribution in [-0.4, -0.2) is 129 Å². The molecule has 15 nitrogen and oxygen atoms in total. The van der Waals surface area contributed by atoms with E-state index in [2.05, 4.69) is 10.6 Å². The molecule has 0 bridgehead atoms. The highest BCUT2D eigenvalue weighted by atomic mass is 16.7. The summed E-state index contributed by atoms with van der Waals surface area (Å²) < 4.78 is 22.3. The number of nitrogens with one attached hydrogen (secondary N) is 2. The normalized spacial score (nSPS) is 39.2. The smallest absolute Gasteiger partial charge is 0.332 e. The fraction of sp³-hybridized carbons (Fsp3) is 0.842. The number of hydrogen-bond acceptors (Lipinski definition) is 12. The average Bonchev–Trinajstić information content (AvgIpc) is 2.76. The number of rotatable bonds is 9. The molecule has 2 aliphatic rings. The molecule has 2 rings (SSSR count).